The van der Waals surface area contributed by atoms with Gasteiger partial charge in [0.25, 0.3) is 0 Å². The highest BCUT2D eigenvalue weighted by Gasteiger charge is 2.29. The summed E-state index contributed by atoms with van der Waals surface area (Å²) in [5, 5.41) is 4.74. The summed E-state index contributed by atoms with van der Waals surface area (Å²) in [7, 11) is 0. The van der Waals surface area contributed by atoms with E-state index in [1.807, 2.05) is 0 Å². The van der Waals surface area contributed by atoms with Gasteiger partial charge in [-0.05, 0) is 37.7 Å². The predicted molar refractivity (Wildman–Crippen MR) is 74.9 cm³/mol. The van der Waals surface area contributed by atoms with Crippen LogP contribution in [-0.4, -0.2) is 9.78 Å². The molecule has 0 spiro atoms. The summed E-state index contributed by atoms with van der Waals surface area (Å²) in [4.78, 5) is 0. The van der Waals surface area contributed by atoms with E-state index in [1.54, 1.807) is 11.3 Å². The van der Waals surface area contributed by atoms with Gasteiger partial charge in [0.1, 0.15) is 0 Å². The minimum absolute atomic E-state index is 0.713. The van der Waals surface area contributed by atoms with Crippen molar-refractivity contribution in [2.45, 2.75) is 83.1 Å². The van der Waals surface area contributed by atoms with Crippen LogP contribution in [0.3, 0.4) is 0 Å². The molecule has 1 aromatic heterocycles. The van der Waals surface area contributed by atoms with Gasteiger partial charge in [-0.1, -0.05) is 39.0 Å². The monoisotopic (exact) mass is 246 g/mol. The molecule has 1 aromatic rings. The lowest BCUT2D eigenvalue weighted by Gasteiger charge is -2.25. The van der Waals surface area contributed by atoms with Crippen molar-refractivity contribution in [2.75, 3.05) is 0 Å². The zero-order chi connectivity index (χ0) is 12.4. The third-order valence-corrected chi connectivity index (χ3v) is 4.89. The molecule has 2 aliphatic carbocycles. The Hall–Kier alpha value is -0.790. The van der Waals surface area contributed by atoms with Crippen LogP contribution in [0.15, 0.2) is 6.20 Å². The second-order valence-corrected chi connectivity index (χ2v) is 6.17. The molecule has 0 bridgehead atoms. The molecule has 18 heavy (non-hydrogen) atoms. The van der Waals surface area contributed by atoms with Gasteiger partial charge in [-0.2, -0.15) is 5.10 Å². The predicted octanol–water partition coefficient (Wildman–Crippen LogP) is 4.61. The molecule has 0 N–H and O–H groups in total. The van der Waals surface area contributed by atoms with Gasteiger partial charge >= 0.3 is 0 Å². The summed E-state index contributed by atoms with van der Waals surface area (Å²) in [6.07, 6.45) is 15.8. The molecular formula is C16H26N2. The normalized spacial score (nSPS) is 24.4. The third kappa shape index (κ3) is 2.22. The molecule has 1 heterocycles. The van der Waals surface area contributed by atoms with Gasteiger partial charge < -0.3 is 0 Å². The van der Waals surface area contributed by atoms with Crippen LogP contribution in [0, 0.1) is 0 Å². The van der Waals surface area contributed by atoms with Gasteiger partial charge in [0.05, 0.1) is 12.2 Å². The Morgan fingerprint density at radius 3 is 2.83 bits per heavy atom. The molecule has 1 atom stereocenters. The van der Waals surface area contributed by atoms with Gasteiger partial charge in [-0.3, -0.25) is 4.68 Å². The second kappa shape index (κ2) is 5.46. The summed E-state index contributed by atoms with van der Waals surface area (Å²) in [6.45, 7) is 2.30. The molecule has 3 rings (SSSR count). The first-order valence-electron chi connectivity index (χ1n) is 7.96. The van der Waals surface area contributed by atoms with E-state index in [0.717, 1.165) is 5.92 Å². The third-order valence-electron chi connectivity index (χ3n) is 4.89. The molecule has 1 fully saturated rings. The number of unbranched alkanes of at least 4 members (excludes halogenated alkanes) is 1. The topological polar surface area (TPSA) is 17.8 Å². The average Bonchev–Trinajstić information content (AvgIpc) is 2.99. The Kier molecular flexibility index (Phi) is 3.72. The van der Waals surface area contributed by atoms with Crippen LogP contribution in [-0.2, 0) is 6.42 Å². The fraction of sp³-hybridized carbons (Fsp3) is 0.812. The van der Waals surface area contributed by atoms with Gasteiger partial charge in [-0.15, -0.1) is 0 Å². The highest BCUT2D eigenvalue weighted by atomic mass is 15.3. The van der Waals surface area contributed by atoms with Crippen molar-refractivity contribution in [1.29, 1.82) is 0 Å². The largest absolute Gasteiger partial charge is 0.266 e. The maximum atomic E-state index is 4.74. The van der Waals surface area contributed by atoms with Crippen LogP contribution in [0.1, 0.15) is 87.9 Å². The van der Waals surface area contributed by atoms with E-state index in [-0.39, 0.29) is 0 Å². The molecular weight excluding hydrogens is 220 g/mol. The first-order valence-corrected chi connectivity index (χ1v) is 7.96. The zero-order valence-electron chi connectivity index (χ0n) is 11.7. The summed E-state index contributed by atoms with van der Waals surface area (Å²) in [5.74, 6) is 0.810. The number of hydrogen-bond acceptors (Lipinski definition) is 1. The van der Waals surface area contributed by atoms with E-state index in [1.165, 1.54) is 64.2 Å². The standard InChI is InChI=1S/C16H26N2/c1-2-3-7-13-10-11-14-12-17-18(16(13)14)15-8-5-4-6-9-15/h12-13,15H,2-11H2,1H3. The lowest BCUT2D eigenvalue weighted by Crippen LogP contribution is -2.17. The van der Waals surface area contributed by atoms with E-state index >= 15 is 0 Å². The second-order valence-electron chi connectivity index (χ2n) is 6.17. The van der Waals surface area contributed by atoms with Gasteiger partial charge in [0.2, 0.25) is 0 Å². The van der Waals surface area contributed by atoms with Crippen LogP contribution >= 0.6 is 0 Å². The molecule has 2 aliphatic rings. The zero-order valence-corrected chi connectivity index (χ0v) is 11.7. The average molecular weight is 246 g/mol. The maximum absolute atomic E-state index is 4.74. The number of fused-ring (bicyclic) bond motifs is 1. The summed E-state index contributed by atoms with van der Waals surface area (Å²) in [5.41, 5.74) is 3.18. The van der Waals surface area contributed by atoms with E-state index < -0.39 is 0 Å². The Morgan fingerprint density at radius 2 is 2.06 bits per heavy atom. The van der Waals surface area contributed by atoms with Gasteiger partial charge in [0, 0.05) is 11.6 Å². The van der Waals surface area contributed by atoms with Crippen molar-refractivity contribution >= 4 is 0 Å². The number of rotatable bonds is 4. The van der Waals surface area contributed by atoms with Crippen LogP contribution in [0.4, 0.5) is 0 Å². The molecule has 0 saturated heterocycles. The van der Waals surface area contributed by atoms with E-state index in [2.05, 4.69) is 17.8 Å². The van der Waals surface area contributed by atoms with Crippen molar-refractivity contribution < 1.29 is 0 Å². The van der Waals surface area contributed by atoms with Gasteiger partial charge in [-0.25, -0.2) is 0 Å². The lowest BCUT2D eigenvalue weighted by molar-refractivity contribution is 0.316. The fourth-order valence-corrected chi connectivity index (χ4v) is 3.86. The minimum atomic E-state index is 0.713. The van der Waals surface area contributed by atoms with Crippen LogP contribution in [0.2, 0.25) is 0 Å². The van der Waals surface area contributed by atoms with Crippen LogP contribution in [0.25, 0.3) is 0 Å². The Morgan fingerprint density at radius 1 is 1.22 bits per heavy atom. The summed E-state index contributed by atoms with van der Waals surface area (Å²) in [6, 6.07) is 0.713. The van der Waals surface area contributed by atoms with Gasteiger partial charge in [0.15, 0.2) is 0 Å². The Bertz CT molecular complexity index is 388. The SMILES string of the molecule is CCCCC1CCc2cnn(C3CCCCC3)c21. The smallest absolute Gasteiger partial charge is 0.0524 e. The molecule has 100 valence electrons. The summed E-state index contributed by atoms with van der Waals surface area (Å²) >= 11 is 0. The van der Waals surface area contributed by atoms with E-state index in [4.69, 9.17) is 5.10 Å². The van der Waals surface area contributed by atoms with E-state index in [0.29, 0.717) is 6.04 Å². The fourth-order valence-electron chi connectivity index (χ4n) is 3.86. The van der Waals surface area contributed by atoms with Crippen molar-refractivity contribution in [1.82, 2.24) is 9.78 Å². The van der Waals surface area contributed by atoms with Crippen molar-refractivity contribution in [3.63, 3.8) is 0 Å². The number of nitrogens with zero attached hydrogens (tertiary/aromatic N) is 2. The first-order chi connectivity index (χ1) is 8.90. The maximum Gasteiger partial charge on any atom is 0.0524 e. The van der Waals surface area contributed by atoms with E-state index in [9.17, 15) is 0 Å². The lowest BCUT2D eigenvalue weighted by atomic mass is 9.94. The highest BCUT2D eigenvalue weighted by Crippen LogP contribution is 2.40. The highest BCUT2D eigenvalue weighted by molar-refractivity contribution is 5.28. The quantitative estimate of drug-likeness (QED) is 0.758. The number of aryl methyl sites for hydroxylation is 1. The van der Waals surface area contributed by atoms with Crippen LogP contribution < -0.4 is 0 Å². The molecule has 0 aromatic carbocycles. The molecule has 0 radical (unpaired) electrons. The molecule has 0 amide bonds. The molecule has 1 saturated carbocycles. The molecule has 1 unspecified atom stereocenters. The molecule has 2 heteroatoms. The Labute approximate surface area is 111 Å². The van der Waals surface area contributed by atoms with Crippen molar-refractivity contribution in [3.05, 3.63) is 17.5 Å². The molecule has 2 nitrogen and oxygen atoms in total. The minimum Gasteiger partial charge on any atom is -0.266 e. The van der Waals surface area contributed by atoms with Crippen LogP contribution in [0.5, 0.6) is 0 Å². The Balaban J connectivity index is 1.79. The number of aromatic nitrogens is 2. The summed E-state index contributed by atoms with van der Waals surface area (Å²) < 4.78 is 2.43. The molecule has 0 aliphatic heterocycles. The van der Waals surface area contributed by atoms with Crippen molar-refractivity contribution in [2.24, 2.45) is 0 Å². The van der Waals surface area contributed by atoms with Crippen molar-refractivity contribution in [3.8, 4) is 0 Å². The number of hydrogen-bond donors (Lipinski definition) is 0. The first kappa shape index (κ1) is 12.3.